The molecule has 0 radical (unpaired) electrons. The van der Waals surface area contributed by atoms with Gasteiger partial charge < -0.3 is 10.2 Å². The predicted octanol–water partition coefficient (Wildman–Crippen LogP) is 0.775. The zero-order chi connectivity index (χ0) is 15.6. The van der Waals surface area contributed by atoms with Gasteiger partial charge >= 0.3 is 12.2 Å². The number of alkyl halides is 3. The topological polar surface area (TPSA) is 78.5 Å². The van der Waals surface area contributed by atoms with Crippen molar-refractivity contribution in [3.8, 4) is 0 Å². The SMILES string of the molecule is O=C1NC(=O)[C@H](CCC(=O)N2CCC(C(F)(F)F)CC2)N1. The molecule has 6 nitrogen and oxygen atoms in total. The molecular formula is C12H16F3N3O3. The van der Waals surface area contributed by atoms with E-state index < -0.39 is 30.1 Å². The maximum Gasteiger partial charge on any atom is 0.391 e. The second-order valence-electron chi connectivity index (χ2n) is 5.25. The molecule has 2 heterocycles. The standard InChI is InChI=1S/C12H16F3N3O3/c13-12(14,15)7-3-5-18(6-4-7)9(19)2-1-8-10(20)17-11(21)16-8/h7-8H,1-6H2,(H2,16,17,20,21)/t8-/m0/s1. The van der Waals surface area contributed by atoms with Crippen LogP contribution in [0.15, 0.2) is 0 Å². The first-order chi connectivity index (χ1) is 9.77. The predicted molar refractivity (Wildman–Crippen MR) is 65.1 cm³/mol. The van der Waals surface area contributed by atoms with E-state index in [9.17, 15) is 27.6 Å². The maximum atomic E-state index is 12.5. The second kappa shape index (κ2) is 5.90. The van der Waals surface area contributed by atoms with Crippen LogP contribution in [0.25, 0.3) is 0 Å². The Labute approximate surface area is 119 Å². The zero-order valence-electron chi connectivity index (χ0n) is 11.2. The molecule has 0 spiro atoms. The molecule has 2 rings (SSSR count). The van der Waals surface area contributed by atoms with Crippen molar-refractivity contribution in [1.82, 2.24) is 15.5 Å². The fourth-order valence-corrected chi connectivity index (χ4v) is 2.54. The normalized spacial score (nSPS) is 24.0. The molecule has 2 saturated heterocycles. The van der Waals surface area contributed by atoms with Crippen molar-refractivity contribution in [2.75, 3.05) is 13.1 Å². The van der Waals surface area contributed by atoms with Gasteiger partial charge in [-0.05, 0) is 19.3 Å². The van der Waals surface area contributed by atoms with Crippen molar-refractivity contribution in [3.63, 3.8) is 0 Å². The highest BCUT2D eigenvalue weighted by Gasteiger charge is 2.41. The van der Waals surface area contributed by atoms with Crippen LogP contribution >= 0.6 is 0 Å². The summed E-state index contributed by atoms with van der Waals surface area (Å²) in [5.74, 6) is -2.12. The van der Waals surface area contributed by atoms with Crippen LogP contribution in [0.3, 0.4) is 0 Å². The molecule has 0 bridgehead atoms. The van der Waals surface area contributed by atoms with Crippen LogP contribution in [0, 0.1) is 5.92 Å². The number of amides is 4. The highest BCUT2D eigenvalue weighted by molar-refractivity contribution is 6.04. The minimum absolute atomic E-state index is 0.0229. The summed E-state index contributed by atoms with van der Waals surface area (Å²) in [4.78, 5) is 35.5. The van der Waals surface area contributed by atoms with Crippen molar-refractivity contribution in [2.45, 2.75) is 37.9 Å². The Hall–Kier alpha value is -1.80. The van der Waals surface area contributed by atoms with Crippen LogP contribution < -0.4 is 10.6 Å². The van der Waals surface area contributed by atoms with Gasteiger partial charge in [-0.15, -0.1) is 0 Å². The van der Waals surface area contributed by atoms with Gasteiger partial charge in [0.1, 0.15) is 6.04 Å². The van der Waals surface area contributed by atoms with Crippen LogP contribution in [0.5, 0.6) is 0 Å². The molecular weight excluding hydrogens is 291 g/mol. The third-order valence-electron chi connectivity index (χ3n) is 3.82. The van der Waals surface area contributed by atoms with E-state index in [1.54, 1.807) is 0 Å². The molecule has 0 aromatic heterocycles. The number of carbonyl (C=O) groups is 3. The molecule has 4 amide bonds. The maximum absolute atomic E-state index is 12.5. The number of imide groups is 1. The van der Waals surface area contributed by atoms with E-state index in [4.69, 9.17) is 0 Å². The Kier molecular flexibility index (Phi) is 4.38. The van der Waals surface area contributed by atoms with Crippen LogP contribution in [0.4, 0.5) is 18.0 Å². The molecule has 1 atom stereocenters. The van der Waals surface area contributed by atoms with Gasteiger partial charge in [-0.3, -0.25) is 14.9 Å². The van der Waals surface area contributed by atoms with Gasteiger partial charge in [0.2, 0.25) is 5.91 Å². The molecule has 2 fully saturated rings. The Morgan fingerprint density at radius 2 is 1.86 bits per heavy atom. The van der Waals surface area contributed by atoms with Crippen LogP contribution in [0.1, 0.15) is 25.7 Å². The van der Waals surface area contributed by atoms with Crippen molar-refractivity contribution >= 4 is 17.8 Å². The summed E-state index contributed by atoms with van der Waals surface area (Å²) < 4.78 is 37.5. The number of nitrogens with one attached hydrogen (secondary N) is 2. The third-order valence-corrected chi connectivity index (χ3v) is 3.82. The van der Waals surface area contributed by atoms with E-state index in [-0.39, 0.29) is 44.7 Å². The van der Waals surface area contributed by atoms with Crippen molar-refractivity contribution < 1.29 is 27.6 Å². The number of halogens is 3. The van der Waals surface area contributed by atoms with Gasteiger partial charge in [-0.25, -0.2) is 4.79 Å². The lowest BCUT2D eigenvalue weighted by Crippen LogP contribution is -2.42. The quantitative estimate of drug-likeness (QED) is 0.756. The number of hydrogen-bond acceptors (Lipinski definition) is 3. The monoisotopic (exact) mass is 307 g/mol. The van der Waals surface area contributed by atoms with Crippen molar-refractivity contribution in [1.29, 1.82) is 0 Å². The molecule has 118 valence electrons. The number of nitrogens with zero attached hydrogens (tertiary/aromatic N) is 1. The van der Waals surface area contributed by atoms with Gasteiger partial charge in [0.15, 0.2) is 0 Å². The number of urea groups is 1. The summed E-state index contributed by atoms with van der Waals surface area (Å²) >= 11 is 0. The smallest absolute Gasteiger partial charge is 0.343 e. The minimum Gasteiger partial charge on any atom is -0.343 e. The van der Waals surface area contributed by atoms with Gasteiger partial charge in [0.25, 0.3) is 5.91 Å². The molecule has 0 aromatic carbocycles. The molecule has 2 aliphatic heterocycles. The first kappa shape index (κ1) is 15.6. The highest BCUT2D eigenvalue weighted by atomic mass is 19.4. The average Bonchev–Trinajstić information content (AvgIpc) is 2.73. The summed E-state index contributed by atoms with van der Waals surface area (Å²) in [6.07, 6.45) is -4.21. The average molecular weight is 307 g/mol. The number of piperidine rings is 1. The van der Waals surface area contributed by atoms with E-state index in [1.807, 2.05) is 0 Å². The first-order valence-electron chi connectivity index (χ1n) is 6.73. The van der Waals surface area contributed by atoms with Crippen molar-refractivity contribution in [3.05, 3.63) is 0 Å². The number of likely N-dealkylation sites (tertiary alicyclic amines) is 1. The fourth-order valence-electron chi connectivity index (χ4n) is 2.54. The molecule has 2 aliphatic rings. The lowest BCUT2D eigenvalue weighted by Gasteiger charge is -2.33. The third kappa shape index (κ3) is 3.85. The minimum atomic E-state index is -4.21. The van der Waals surface area contributed by atoms with E-state index in [2.05, 4.69) is 10.6 Å². The van der Waals surface area contributed by atoms with Gasteiger partial charge in [0.05, 0.1) is 5.92 Å². The molecule has 0 aliphatic carbocycles. The van der Waals surface area contributed by atoms with E-state index >= 15 is 0 Å². The van der Waals surface area contributed by atoms with E-state index in [1.165, 1.54) is 4.90 Å². The number of rotatable bonds is 3. The van der Waals surface area contributed by atoms with Gasteiger partial charge in [0, 0.05) is 19.5 Å². The first-order valence-corrected chi connectivity index (χ1v) is 6.73. The Morgan fingerprint density at radius 3 is 2.33 bits per heavy atom. The Morgan fingerprint density at radius 1 is 1.24 bits per heavy atom. The summed E-state index contributed by atoms with van der Waals surface area (Å²) in [6, 6.07) is -1.34. The second-order valence-corrected chi connectivity index (χ2v) is 5.25. The lowest BCUT2D eigenvalue weighted by atomic mass is 9.96. The molecule has 9 heteroatoms. The van der Waals surface area contributed by atoms with Gasteiger partial charge in [-0.2, -0.15) is 13.2 Å². The largest absolute Gasteiger partial charge is 0.391 e. The number of hydrogen-bond donors (Lipinski definition) is 2. The number of carbonyl (C=O) groups excluding carboxylic acids is 3. The molecule has 0 aromatic rings. The van der Waals surface area contributed by atoms with E-state index in [0.29, 0.717) is 0 Å². The van der Waals surface area contributed by atoms with Crippen LogP contribution in [-0.4, -0.2) is 48.1 Å². The fraction of sp³-hybridized carbons (Fsp3) is 0.750. The zero-order valence-corrected chi connectivity index (χ0v) is 11.2. The summed E-state index contributed by atoms with van der Waals surface area (Å²) in [5.41, 5.74) is 0. The Balaban J connectivity index is 1.75. The van der Waals surface area contributed by atoms with Crippen LogP contribution in [-0.2, 0) is 9.59 Å². The summed E-state index contributed by atoms with van der Waals surface area (Å²) in [6.45, 7) is 0.151. The Bertz CT molecular complexity index is 445. The molecule has 2 N–H and O–H groups in total. The molecule has 21 heavy (non-hydrogen) atoms. The van der Waals surface area contributed by atoms with Crippen LogP contribution in [0.2, 0.25) is 0 Å². The molecule has 0 unspecified atom stereocenters. The van der Waals surface area contributed by atoms with Crippen molar-refractivity contribution in [2.24, 2.45) is 5.92 Å². The molecule has 0 saturated carbocycles. The van der Waals surface area contributed by atoms with Gasteiger partial charge in [-0.1, -0.05) is 0 Å². The van der Waals surface area contributed by atoms with E-state index in [0.717, 1.165) is 0 Å². The highest BCUT2D eigenvalue weighted by Crippen LogP contribution is 2.34. The summed E-state index contributed by atoms with van der Waals surface area (Å²) in [5, 5.41) is 4.42. The summed E-state index contributed by atoms with van der Waals surface area (Å²) in [7, 11) is 0. The lowest BCUT2D eigenvalue weighted by molar-refractivity contribution is -0.186.